The van der Waals surface area contributed by atoms with E-state index in [1.807, 2.05) is 58.9 Å². The van der Waals surface area contributed by atoms with Gasteiger partial charge >= 0.3 is 0 Å². The van der Waals surface area contributed by atoms with E-state index in [0.29, 0.717) is 12.4 Å². The molecule has 0 aliphatic heterocycles. The van der Waals surface area contributed by atoms with Crippen LogP contribution in [0.15, 0.2) is 77.7 Å². The van der Waals surface area contributed by atoms with Crippen LogP contribution in [0.5, 0.6) is 5.75 Å². The van der Waals surface area contributed by atoms with Crippen molar-refractivity contribution in [2.45, 2.75) is 64.6 Å². The molecule has 0 aliphatic rings. The van der Waals surface area contributed by atoms with Crippen LogP contribution in [0.1, 0.15) is 45.7 Å². The number of nitrogens with one attached hydrogen (secondary N) is 1. The van der Waals surface area contributed by atoms with Crippen LogP contribution in [0, 0.1) is 12.7 Å². The lowest BCUT2D eigenvalue weighted by Crippen LogP contribution is -2.54. The molecular weight excluding hydrogens is 545 g/mol. The van der Waals surface area contributed by atoms with Crippen LogP contribution in [-0.4, -0.2) is 49.9 Å². The standard InChI is InChI=1S/C31H38FN3O5S/c1-7-40-27-16-14-26(15-17-27)35(41(38,39)28-18-12-25(32)13-19-28)21-29(36)34(20-24-11-9-8-10-22(24)2)23(3)30(37)33-31(4,5)6/h8-19,23H,7,20-21H2,1-6H3,(H,33,37)/t23-/m1/s1. The lowest BCUT2D eigenvalue weighted by Gasteiger charge is -2.33. The Bertz CT molecular complexity index is 1450. The molecule has 8 nitrogen and oxygen atoms in total. The largest absolute Gasteiger partial charge is 0.494 e. The summed E-state index contributed by atoms with van der Waals surface area (Å²) in [5, 5.41) is 2.91. The van der Waals surface area contributed by atoms with Crippen molar-refractivity contribution in [3.8, 4) is 5.75 Å². The molecule has 3 rings (SSSR count). The molecule has 0 aromatic heterocycles. The normalized spacial score (nSPS) is 12.4. The van der Waals surface area contributed by atoms with Crippen LogP contribution < -0.4 is 14.4 Å². The average molecular weight is 584 g/mol. The van der Waals surface area contributed by atoms with Crippen LogP contribution in [0.3, 0.4) is 0 Å². The van der Waals surface area contributed by atoms with Crippen LogP contribution in [-0.2, 0) is 26.2 Å². The highest BCUT2D eigenvalue weighted by molar-refractivity contribution is 7.92. The molecule has 1 atom stereocenters. The molecule has 0 unspecified atom stereocenters. The molecule has 0 saturated carbocycles. The molecule has 0 saturated heterocycles. The van der Waals surface area contributed by atoms with Crippen molar-refractivity contribution in [1.82, 2.24) is 10.2 Å². The van der Waals surface area contributed by atoms with Crippen molar-refractivity contribution in [2.24, 2.45) is 0 Å². The summed E-state index contributed by atoms with van der Waals surface area (Å²) in [5.41, 5.74) is 1.43. The van der Waals surface area contributed by atoms with E-state index in [1.165, 1.54) is 4.90 Å². The summed E-state index contributed by atoms with van der Waals surface area (Å²) in [4.78, 5) is 28.4. The van der Waals surface area contributed by atoms with Crippen molar-refractivity contribution in [3.05, 3.63) is 89.7 Å². The Morgan fingerprint density at radius 2 is 1.59 bits per heavy atom. The number of hydrogen-bond donors (Lipinski definition) is 1. The SMILES string of the molecule is CCOc1ccc(N(CC(=O)N(Cc2ccccc2C)[C@H](C)C(=O)NC(C)(C)C)S(=O)(=O)c2ccc(F)cc2)cc1. The Balaban J connectivity index is 2.05. The Kier molecular flexibility index (Phi) is 10.1. The van der Waals surface area contributed by atoms with Crippen LogP contribution in [0.2, 0.25) is 0 Å². The van der Waals surface area contributed by atoms with E-state index < -0.39 is 39.9 Å². The van der Waals surface area contributed by atoms with E-state index in [1.54, 1.807) is 31.2 Å². The zero-order valence-electron chi connectivity index (χ0n) is 24.3. The first-order chi connectivity index (χ1) is 19.2. The summed E-state index contributed by atoms with van der Waals surface area (Å²) in [6, 6.07) is 17.3. The van der Waals surface area contributed by atoms with Gasteiger partial charge in [-0.05, 0) is 101 Å². The number of rotatable bonds is 11. The lowest BCUT2D eigenvalue weighted by atomic mass is 10.1. The summed E-state index contributed by atoms with van der Waals surface area (Å²) >= 11 is 0. The highest BCUT2D eigenvalue weighted by Gasteiger charge is 2.33. The summed E-state index contributed by atoms with van der Waals surface area (Å²) in [7, 11) is -4.30. The molecule has 0 spiro atoms. The molecule has 10 heteroatoms. The molecule has 0 fully saturated rings. The fourth-order valence-electron chi connectivity index (χ4n) is 4.17. The van der Waals surface area contributed by atoms with Gasteiger partial charge in [0.2, 0.25) is 11.8 Å². The van der Waals surface area contributed by atoms with Gasteiger partial charge < -0.3 is 15.0 Å². The third-order valence-corrected chi connectivity index (χ3v) is 8.17. The fraction of sp³-hybridized carbons (Fsp3) is 0.355. The second kappa shape index (κ2) is 13.2. The summed E-state index contributed by atoms with van der Waals surface area (Å²) < 4.78 is 47.8. The number of carbonyl (C=O) groups excluding carboxylic acids is 2. The Hall–Kier alpha value is -3.92. The van der Waals surface area contributed by atoms with Crippen molar-refractivity contribution in [2.75, 3.05) is 17.5 Å². The first-order valence-corrected chi connectivity index (χ1v) is 14.8. The molecule has 0 heterocycles. The lowest BCUT2D eigenvalue weighted by molar-refractivity contribution is -0.140. The molecule has 2 amide bonds. The fourth-order valence-corrected chi connectivity index (χ4v) is 5.58. The highest BCUT2D eigenvalue weighted by atomic mass is 32.2. The third kappa shape index (κ3) is 8.29. The van der Waals surface area contributed by atoms with Gasteiger partial charge in [0.25, 0.3) is 10.0 Å². The number of aryl methyl sites for hydroxylation is 1. The minimum Gasteiger partial charge on any atom is -0.494 e. The zero-order chi connectivity index (χ0) is 30.4. The van der Waals surface area contributed by atoms with Crippen LogP contribution >= 0.6 is 0 Å². The number of carbonyl (C=O) groups is 2. The quantitative estimate of drug-likeness (QED) is 0.341. The van der Waals surface area contributed by atoms with Gasteiger partial charge in [-0.25, -0.2) is 12.8 Å². The number of benzene rings is 3. The van der Waals surface area contributed by atoms with Gasteiger partial charge in [0.1, 0.15) is 24.2 Å². The van der Waals surface area contributed by atoms with Gasteiger partial charge in [0.15, 0.2) is 0 Å². The maximum Gasteiger partial charge on any atom is 0.264 e. The number of anilines is 1. The van der Waals surface area contributed by atoms with Crippen molar-refractivity contribution >= 4 is 27.5 Å². The Morgan fingerprint density at radius 1 is 0.976 bits per heavy atom. The molecular formula is C31H38FN3O5S. The Labute approximate surface area is 242 Å². The van der Waals surface area contributed by atoms with E-state index in [-0.39, 0.29) is 23.0 Å². The van der Waals surface area contributed by atoms with E-state index in [9.17, 15) is 22.4 Å². The molecule has 0 radical (unpaired) electrons. The number of amides is 2. The molecule has 0 aliphatic carbocycles. The number of ether oxygens (including phenoxy) is 1. The maximum atomic E-state index is 14.0. The van der Waals surface area contributed by atoms with Gasteiger partial charge in [-0.3, -0.25) is 13.9 Å². The van der Waals surface area contributed by atoms with Gasteiger partial charge in [0, 0.05) is 12.1 Å². The van der Waals surface area contributed by atoms with Crippen LogP contribution in [0.4, 0.5) is 10.1 Å². The van der Waals surface area contributed by atoms with Gasteiger partial charge in [0.05, 0.1) is 17.2 Å². The molecule has 41 heavy (non-hydrogen) atoms. The van der Waals surface area contributed by atoms with E-state index in [4.69, 9.17) is 4.74 Å². The number of halogens is 1. The second-order valence-corrected chi connectivity index (χ2v) is 12.6. The summed E-state index contributed by atoms with van der Waals surface area (Å²) in [6.45, 7) is 10.8. The van der Waals surface area contributed by atoms with Gasteiger partial charge in [-0.1, -0.05) is 24.3 Å². The smallest absolute Gasteiger partial charge is 0.264 e. The van der Waals surface area contributed by atoms with E-state index in [2.05, 4.69) is 5.32 Å². The minimum absolute atomic E-state index is 0.0952. The first kappa shape index (κ1) is 31.6. The Morgan fingerprint density at radius 3 is 2.15 bits per heavy atom. The third-order valence-electron chi connectivity index (χ3n) is 6.38. The minimum atomic E-state index is -4.30. The monoisotopic (exact) mass is 583 g/mol. The van der Waals surface area contributed by atoms with E-state index in [0.717, 1.165) is 39.7 Å². The van der Waals surface area contributed by atoms with Crippen molar-refractivity contribution < 1.29 is 27.1 Å². The average Bonchev–Trinajstić information content (AvgIpc) is 2.90. The van der Waals surface area contributed by atoms with Crippen molar-refractivity contribution in [3.63, 3.8) is 0 Å². The van der Waals surface area contributed by atoms with E-state index >= 15 is 0 Å². The van der Waals surface area contributed by atoms with Gasteiger partial charge in [-0.15, -0.1) is 0 Å². The predicted octanol–water partition coefficient (Wildman–Crippen LogP) is 5.06. The topological polar surface area (TPSA) is 96.0 Å². The number of sulfonamides is 1. The summed E-state index contributed by atoms with van der Waals surface area (Å²) in [5.74, 6) is -0.996. The molecule has 3 aromatic rings. The van der Waals surface area contributed by atoms with Crippen LogP contribution in [0.25, 0.3) is 0 Å². The number of hydrogen-bond acceptors (Lipinski definition) is 5. The van der Waals surface area contributed by atoms with Crippen molar-refractivity contribution in [1.29, 1.82) is 0 Å². The molecule has 0 bridgehead atoms. The zero-order valence-corrected chi connectivity index (χ0v) is 25.2. The summed E-state index contributed by atoms with van der Waals surface area (Å²) in [6.07, 6.45) is 0. The second-order valence-electron chi connectivity index (χ2n) is 10.8. The molecule has 220 valence electrons. The van der Waals surface area contributed by atoms with Gasteiger partial charge in [-0.2, -0.15) is 0 Å². The number of nitrogens with zero attached hydrogens (tertiary/aromatic N) is 2. The highest BCUT2D eigenvalue weighted by Crippen LogP contribution is 2.27. The molecule has 3 aromatic carbocycles. The maximum absolute atomic E-state index is 14.0. The first-order valence-electron chi connectivity index (χ1n) is 13.4. The molecule has 1 N–H and O–H groups in total. The predicted molar refractivity (Wildman–Crippen MR) is 158 cm³/mol.